The van der Waals surface area contributed by atoms with E-state index in [1.54, 1.807) is 0 Å². The Morgan fingerprint density at radius 3 is 2.71 bits per heavy atom. The van der Waals surface area contributed by atoms with Gasteiger partial charge in [-0.3, -0.25) is 4.79 Å². The SMILES string of the molecule is NC1N=NNC1=O. The van der Waals surface area contributed by atoms with Crippen molar-refractivity contribution < 1.29 is 4.79 Å². The molecule has 1 atom stereocenters. The molecule has 0 spiro atoms. The van der Waals surface area contributed by atoms with Crippen molar-refractivity contribution >= 4 is 5.91 Å². The van der Waals surface area contributed by atoms with Crippen LogP contribution in [0.25, 0.3) is 0 Å². The Bertz CT molecular complexity index is 119. The monoisotopic (exact) mass is 100 g/mol. The minimum atomic E-state index is -0.778. The Balaban J connectivity index is 2.62. The van der Waals surface area contributed by atoms with Crippen LogP contribution in [0.4, 0.5) is 0 Å². The highest BCUT2D eigenvalue weighted by Crippen LogP contribution is 1.88. The molecular formula is C2H4N4O. The molecule has 7 heavy (non-hydrogen) atoms. The molecule has 0 aromatic heterocycles. The van der Waals surface area contributed by atoms with Crippen molar-refractivity contribution in [2.75, 3.05) is 0 Å². The first kappa shape index (κ1) is 4.20. The third-order valence-corrected chi connectivity index (χ3v) is 0.611. The molecule has 1 aliphatic rings. The minimum absolute atomic E-state index is 0.347. The van der Waals surface area contributed by atoms with Crippen LogP contribution in [-0.2, 0) is 4.79 Å². The summed E-state index contributed by atoms with van der Waals surface area (Å²) in [5, 5.41) is 6.41. The molecule has 5 heteroatoms. The summed E-state index contributed by atoms with van der Waals surface area (Å²) in [5.74, 6) is -0.347. The second-order valence-corrected chi connectivity index (χ2v) is 1.14. The average molecular weight is 100 g/mol. The van der Waals surface area contributed by atoms with E-state index >= 15 is 0 Å². The van der Waals surface area contributed by atoms with E-state index in [2.05, 4.69) is 15.8 Å². The molecule has 1 unspecified atom stereocenters. The molecule has 0 aromatic rings. The Labute approximate surface area is 39.6 Å². The van der Waals surface area contributed by atoms with Crippen LogP contribution in [0.3, 0.4) is 0 Å². The van der Waals surface area contributed by atoms with Crippen LogP contribution >= 0.6 is 0 Å². The molecule has 1 amide bonds. The number of rotatable bonds is 0. The van der Waals surface area contributed by atoms with E-state index in [1.807, 2.05) is 0 Å². The number of carbonyl (C=O) groups is 1. The standard InChI is InChI=1S/C2H4N4O/c3-1-2(7)5-6-4-1/h1H,3H2,(H,4,5,7). The lowest BCUT2D eigenvalue weighted by molar-refractivity contribution is -0.120. The summed E-state index contributed by atoms with van der Waals surface area (Å²) < 4.78 is 0. The Morgan fingerprint density at radius 1 is 1.86 bits per heavy atom. The summed E-state index contributed by atoms with van der Waals surface area (Å²) in [6.07, 6.45) is -0.778. The highest BCUT2D eigenvalue weighted by molar-refractivity contribution is 5.81. The van der Waals surface area contributed by atoms with E-state index in [1.165, 1.54) is 0 Å². The second-order valence-electron chi connectivity index (χ2n) is 1.14. The van der Waals surface area contributed by atoms with Gasteiger partial charge in [0.15, 0.2) is 0 Å². The maximum absolute atomic E-state index is 10.2. The van der Waals surface area contributed by atoms with Crippen molar-refractivity contribution in [3.05, 3.63) is 0 Å². The molecular weight excluding hydrogens is 96.0 g/mol. The van der Waals surface area contributed by atoms with E-state index in [-0.39, 0.29) is 5.91 Å². The summed E-state index contributed by atoms with van der Waals surface area (Å²) >= 11 is 0. The number of hydrogen-bond acceptors (Lipinski definition) is 4. The highest BCUT2D eigenvalue weighted by Gasteiger charge is 2.15. The topological polar surface area (TPSA) is 79.8 Å². The lowest BCUT2D eigenvalue weighted by Gasteiger charge is -1.86. The fourth-order valence-electron chi connectivity index (χ4n) is 0.259. The predicted octanol–water partition coefficient (Wildman–Crippen LogP) is -1.23. The normalized spacial score (nSPS) is 28.1. The smallest absolute Gasteiger partial charge is 0.282 e. The maximum Gasteiger partial charge on any atom is 0.282 e. The molecule has 0 bridgehead atoms. The summed E-state index contributed by atoms with van der Waals surface area (Å²) in [6.45, 7) is 0. The van der Waals surface area contributed by atoms with Crippen LogP contribution in [0, 0.1) is 0 Å². The molecule has 1 aliphatic heterocycles. The zero-order chi connectivity index (χ0) is 5.28. The number of hydrogen-bond donors (Lipinski definition) is 2. The highest BCUT2D eigenvalue weighted by atomic mass is 16.2. The molecule has 0 aliphatic carbocycles. The Morgan fingerprint density at radius 2 is 2.57 bits per heavy atom. The lowest BCUT2D eigenvalue weighted by Crippen LogP contribution is -2.30. The fraction of sp³-hybridized carbons (Fsp3) is 0.500. The van der Waals surface area contributed by atoms with Crippen LogP contribution in [0.2, 0.25) is 0 Å². The summed E-state index contributed by atoms with van der Waals surface area (Å²) in [5.41, 5.74) is 7.07. The van der Waals surface area contributed by atoms with Gasteiger partial charge >= 0.3 is 0 Å². The first-order chi connectivity index (χ1) is 3.30. The number of amides is 1. The Kier molecular flexibility index (Phi) is 0.759. The van der Waals surface area contributed by atoms with Gasteiger partial charge in [0.2, 0.25) is 6.17 Å². The van der Waals surface area contributed by atoms with Gasteiger partial charge in [0.05, 0.1) is 0 Å². The van der Waals surface area contributed by atoms with Gasteiger partial charge in [-0.1, -0.05) is 5.22 Å². The van der Waals surface area contributed by atoms with Crippen molar-refractivity contribution in [2.45, 2.75) is 6.17 Å². The largest absolute Gasteiger partial charge is 0.300 e. The van der Waals surface area contributed by atoms with Crippen molar-refractivity contribution in [3.8, 4) is 0 Å². The zero-order valence-corrected chi connectivity index (χ0v) is 3.46. The Hall–Kier alpha value is -0.970. The molecule has 0 radical (unpaired) electrons. The predicted molar refractivity (Wildman–Crippen MR) is 21.0 cm³/mol. The molecule has 0 aromatic carbocycles. The summed E-state index contributed by atoms with van der Waals surface area (Å²) in [7, 11) is 0. The molecule has 0 saturated heterocycles. The number of nitrogens with zero attached hydrogens (tertiary/aromatic N) is 2. The van der Waals surface area contributed by atoms with E-state index in [9.17, 15) is 4.79 Å². The van der Waals surface area contributed by atoms with E-state index in [4.69, 9.17) is 5.73 Å². The van der Waals surface area contributed by atoms with Gasteiger partial charge in [-0.15, -0.1) is 5.11 Å². The minimum Gasteiger partial charge on any atom is -0.300 e. The van der Waals surface area contributed by atoms with Crippen LogP contribution in [-0.4, -0.2) is 12.1 Å². The first-order valence-corrected chi connectivity index (χ1v) is 1.76. The van der Waals surface area contributed by atoms with Gasteiger partial charge in [0, 0.05) is 0 Å². The maximum atomic E-state index is 10.2. The van der Waals surface area contributed by atoms with Crippen LogP contribution in [0.5, 0.6) is 0 Å². The molecule has 1 heterocycles. The molecule has 1 rings (SSSR count). The molecule has 3 N–H and O–H groups in total. The van der Waals surface area contributed by atoms with Gasteiger partial charge in [-0.2, -0.15) is 0 Å². The fourth-order valence-corrected chi connectivity index (χ4v) is 0.259. The van der Waals surface area contributed by atoms with E-state index in [0.717, 1.165) is 0 Å². The van der Waals surface area contributed by atoms with Crippen molar-refractivity contribution in [1.29, 1.82) is 0 Å². The van der Waals surface area contributed by atoms with Gasteiger partial charge in [-0.25, -0.2) is 5.43 Å². The van der Waals surface area contributed by atoms with Gasteiger partial charge in [0.1, 0.15) is 0 Å². The third kappa shape index (κ3) is 0.566. The van der Waals surface area contributed by atoms with Gasteiger partial charge < -0.3 is 5.73 Å². The average Bonchev–Trinajstić information content (AvgIpc) is 1.91. The van der Waals surface area contributed by atoms with Crippen molar-refractivity contribution in [3.63, 3.8) is 0 Å². The first-order valence-electron chi connectivity index (χ1n) is 1.76. The van der Waals surface area contributed by atoms with E-state index in [0.29, 0.717) is 0 Å². The number of carbonyl (C=O) groups excluding carboxylic acids is 1. The van der Waals surface area contributed by atoms with E-state index < -0.39 is 6.17 Å². The van der Waals surface area contributed by atoms with Crippen LogP contribution in [0.1, 0.15) is 0 Å². The zero-order valence-electron chi connectivity index (χ0n) is 3.46. The molecule has 0 fully saturated rings. The van der Waals surface area contributed by atoms with Crippen LogP contribution < -0.4 is 11.2 Å². The summed E-state index contributed by atoms with van der Waals surface area (Å²) in [6, 6.07) is 0. The van der Waals surface area contributed by atoms with Gasteiger partial charge in [0.25, 0.3) is 5.91 Å². The van der Waals surface area contributed by atoms with Gasteiger partial charge in [-0.05, 0) is 0 Å². The van der Waals surface area contributed by atoms with Crippen molar-refractivity contribution in [2.24, 2.45) is 16.1 Å². The third-order valence-electron chi connectivity index (χ3n) is 0.611. The number of nitrogens with one attached hydrogen (secondary N) is 1. The van der Waals surface area contributed by atoms with Crippen molar-refractivity contribution in [1.82, 2.24) is 5.43 Å². The summed E-state index contributed by atoms with van der Waals surface area (Å²) in [4.78, 5) is 10.2. The molecule has 38 valence electrons. The molecule has 5 nitrogen and oxygen atoms in total. The molecule has 0 saturated carbocycles. The number of nitrogens with two attached hydrogens (primary N) is 1. The second kappa shape index (κ2) is 1.27. The van der Waals surface area contributed by atoms with Crippen LogP contribution in [0.15, 0.2) is 10.3 Å². The lowest BCUT2D eigenvalue weighted by atomic mass is 10.5. The quantitative estimate of drug-likeness (QED) is 0.399.